The van der Waals surface area contributed by atoms with Crippen molar-refractivity contribution in [3.63, 3.8) is 0 Å². The lowest BCUT2D eigenvalue weighted by molar-refractivity contribution is 0.306. The summed E-state index contributed by atoms with van der Waals surface area (Å²) in [7, 11) is 2.66. The zero-order chi connectivity index (χ0) is 22.1. The molecule has 1 unspecified atom stereocenters. The molecule has 0 aliphatic carbocycles. The molecule has 1 atom stereocenters. The third kappa shape index (κ3) is 4.48. The number of halogens is 1. The van der Waals surface area contributed by atoms with Crippen molar-refractivity contribution in [1.82, 2.24) is 19.4 Å². The maximum absolute atomic E-state index is 12.8. The van der Waals surface area contributed by atoms with Crippen molar-refractivity contribution in [2.75, 3.05) is 30.5 Å². The lowest BCUT2D eigenvalue weighted by Crippen LogP contribution is -2.33. The quantitative estimate of drug-likeness (QED) is 0.607. The summed E-state index contributed by atoms with van der Waals surface area (Å²) in [6.07, 6.45) is 3.90. The van der Waals surface area contributed by atoms with E-state index in [1.54, 1.807) is 30.0 Å². The highest BCUT2D eigenvalue weighted by atomic mass is 35.5. The third-order valence-corrected chi connectivity index (χ3v) is 6.49. The van der Waals surface area contributed by atoms with Crippen molar-refractivity contribution in [2.45, 2.75) is 17.9 Å². The van der Waals surface area contributed by atoms with E-state index in [4.69, 9.17) is 11.6 Å². The molecule has 162 valence electrons. The van der Waals surface area contributed by atoms with E-state index in [0.717, 1.165) is 30.8 Å². The summed E-state index contributed by atoms with van der Waals surface area (Å²) in [4.78, 5) is 24.4. The Morgan fingerprint density at radius 1 is 1.16 bits per heavy atom. The first-order valence-corrected chi connectivity index (χ1v) is 11.7. The Hall–Kier alpha value is -2.75. The molecule has 0 saturated heterocycles. The van der Waals surface area contributed by atoms with Gasteiger partial charge in [0.25, 0.3) is 5.56 Å². The number of anilines is 4. The summed E-state index contributed by atoms with van der Waals surface area (Å²) in [6.45, 7) is 1.70. The average molecular weight is 459 g/mol. The molecule has 0 bridgehead atoms. The van der Waals surface area contributed by atoms with E-state index in [0.29, 0.717) is 27.1 Å². The van der Waals surface area contributed by atoms with Gasteiger partial charge in [0.1, 0.15) is 10.7 Å². The maximum Gasteiger partial charge on any atom is 0.274 e. The van der Waals surface area contributed by atoms with E-state index < -0.39 is 10.8 Å². The first kappa shape index (κ1) is 21.5. The summed E-state index contributed by atoms with van der Waals surface area (Å²) in [6, 6.07) is 9.10. The number of para-hydroxylation sites is 1. The van der Waals surface area contributed by atoms with Crippen LogP contribution in [0.25, 0.3) is 0 Å². The Morgan fingerprint density at radius 3 is 2.71 bits per heavy atom. The van der Waals surface area contributed by atoms with Crippen LogP contribution in [0.3, 0.4) is 0 Å². The number of pyridine rings is 1. The summed E-state index contributed by atoms with van der Waals surface area (Å²) in [5, 5.41) is 6.47. The topological polar surface area (TPSA) is 92.2 Å². The second-order valence-corrected chi connectivity index (χ2v) is 9.23. The number of benzene rings is 1. The SMILES string of the molecule is CN1CCc2c(cc(Nc3ncc(Cl)c(Nc4ccccc4S(C)=O)n3)c(=O)n2C)C1. The van der Waals surface area contributed by atoms with E-state index in [-0.39, 0.29) is 11.5 Å². The van der Waals surface area contributed by atoms with E-state index in [1.807, 2.05) is 18.2 Å². The fourth-order valence-electron chi connectivity index (χ4n) is 3.64. The lowest BCUT2D eigenvalue weighted by Gasteiger charge is -2.27. The molecular formula is C21H23ClN6O2S. The molecular weight excluding hydrogens is 436 g/mol. The minimum atomic E-state index is -1.18. The average Bonchev–Trinajstić information content (AvgIpc) is 2.74. The van der Waals surface area contributed by atoms with Crippen LogP contribution in [-0.4, -0.2) is 43.5 Å². The van der Waals surface area contributed by atoms with Gasteiger partial charge in [-0.25, -0.2) is 4.98 Å². The van der Waals surface area contributed by atoms with Gasteiger partial charge in [-0.3, -0.25) is 9.00 Å². The van der Waals surface area contributed by atoms with Crippen LogP contribution in [0, 0.1) is 0 Å². The van der Waals surface area contributed by atoms with Gasteiger partial charge in [-0.15, -0.1) is 0 Å². The van der Waals surface area contributed by atoms with Gasteiger partial charge in [-0.1, -0.05) is 23.7 Å². The van der Waals surface area contributed by atoms with Crippen molar-refractivity contribution in [3.05, 3.63) is 63.2 Å². The number of nitrogens with one attached hydrogen (secondary N) is 2. The highest BCUT2D eigenvalue weighted by molar-refractivity contribution is 7.84. The van der Waals surface area contributed by atoms with Crippen molar-refractivity contribution < 1.29 is 4.21 Å². The van der Waals surface area contributed by atoms with Gasteiger partial charge in [-0.2, -0.15) is 4.98 Å². The molecule has 2 aromatic heterocycles. The Morgan fingerprint density at radius 2 is 1.94 bits per heavy atom. The predicted octanol–water partition coefficient (Wildman–Crippen LogP) is 3.04. The molecule has 0 radical (unpaired) electrons. The molecule has 0 fully saturated rings. The van der Waals surface area contributed by atoms with Crippen molar-refractivity contribution in [3.8, 4) is 0 Å². The number of fused-ring (bicyclic) bond motifs is 1. The third-order valence-electron chi connectivity index (χ3n) is 5.24. The predicted molar refractivity (Wildman–Crippen MR) is 124 cm³/mol. The fourth-order valence-corrected chi connectivity index (χ4v) is 4.48. The zero-order valence-corrected chi connectivity index (χ0v) is 19.0. The van der Waals surface area contributed by atoms with E-state index in [1.165, 1.54) is 6.20 Å². The fraction of sp³-hybridized carbons (Fsp3) is 0.286. The van der Waals surface area contributed by atoms with Gasteiger partial charge in [-0.05, 0) is 30.8 Å². The molecule has 2 N–H and O–H groups in total. The molecule has 0 spiro atoms. The Balaban J connectivity index is 1.66. The van der Waals surface area contributed by atoms with Crippen molar-refractivity contribution in [1.29, 1.82) is 0 Å². The molecule has 1 aliphatic heterocycles. The maximum atomic E-state index is 12.8. The van der Waals surface area contributed by atoms with Gasteiger partial charge in [0.05, 0.1) is 27.6 Å². The van der Waals surface area contributed by atoms with Crippen LogP contribution in [0.4, 0.5) is 23.1 Å². The molecule has 31 heavy (non-hydrogen) atoms. The number of likely N-dealkylation sites (N-methyl/N-ethyl adjacent to an activating group) is 1. The van der Waals surface area contributed by atoms with Crippen molar-refractivity contribution in [2.24, 2.45) is 7.05 Å². The number of hydrogen-bond acceptors (Lipinski definition) is 7. The lowest BCUT2D eigenvalue weighted by atomic mass is 10.1. The van der Waals surface area contributed by atoms with Crippen LogP contribution in [0.1, 0.15) is 11.3 Å². The minimum Gasteiger partial charge on any atom is -0.338 e. The highest BCUT2D eigenvalue weighted by Gasteiger charge is 2.19. The number of rotatable bonds is 5. The summed E-state index contributed by atoms with van der Waals surface area (Å²) < 4.78 is 13.7. The first-order valence-electron chi connectivity index (χ1n) is 9.73. The van der Waals surface area contributed by atoms with E-state index in [2.05, 4.69) is 32.5 Å². The van der Waals surface area contributed by atoms with Crippen LogP contribution in [0.15, 0.2) is 46.2 Å². The van der Waals surface area contributed by atoms with Gasteiger partial charge >= 0.3 is 0 Å². The smallest absolute Gasteiger partial charge is 0.274 e. The summed E-state index contributed by atoms with van der Waals surface area (Å²) in [5.41, 5.74) is 3.06. The van der Waals surface area contributed by atoms with Crippen LogP contribution in [-0.2, 0) is 30.8 Å². The molecule has 0 saturated carbocycles. The molecule has 1 aromatic carbocycles. The minimum absolute atomic E-state index is 0.136. The largest absolute Gasteiger partial charge is 0.338 e. The molecule has 4 rings (SSSR count). The zero-order valence-electron chi connectivity index (χ0n) is 17.5. The summed E-state index contributed by atoms with van der Waals surface area (Å²) >= 11 is 6.29. The van der Waals surface area contributed by atoms with Crippen LogP contribution in [0.5, 0.6) is 0 Å². The van der Waals surface area contributed by atoms with Gasteiger partial charge < -0.3 is 20.1 Å². The number of hydrogen-bond donors (Lipinski definition) is 2. The second kappa shape index (κ2) is 8.78. The molecule has 10 heteroatoms. The van der Waals surface area contributed by atoms with Gasteiger partial charge in [0, 0.05) is 38.5 Å². The Bertz CT molecular complexity index is 1230. The second-order valence-electron chi connectivity index (χ2n) is 7.47. The van der Waals surface area contributed by atoms with Gasteiger partial charge in [0.15, 0.2) is 5.82 Å². The standard InChI is InChI=1S/C21H23ClN6O2S/c1-27-9-8-17-13(12-27)10-16(20(29)28(17)2)25-21-23-11-14(22)19(26-21)24-15-6-4-5-7-18(15)31(3)30/h4-7,10-11H,8-9,12H2,1-3H3,(H2,23,24,25,26). The van der Waals surface area contributed by atoms with Gasteiger partial charge in [0.2, 0.25) is 5.95 Å². The monoisotopic (exact) mass is 458 g/mol. The highest BCUT2D eigenvalue weighted by Crippen LogP contribution is 2.28. The number of aromatic nitrogens is 3. The van der Waals surface area contributed by atoms with Crippen molar-refractivity contribution >= 4 is 45.5 Å². The van der Waals surface area contributed by atoms with Crippen LogP contribution in [0.2, 0.25) is 5.02 Å². The normalized spacial score (nSPS) is 14.7. The van der Waals surface area contributed by atoms with E-state index in [9.17, 15) is 9.00 Å². The Labute approximate surface area is 187 Å². The number of nitrogens with zero attached hydrogens (tertiary/aromatic N) is 4. The van der Waals surface area contributed by atoms with E-state index >= 15 is 0 Å². The first-order chi connectivity index (χ1) is 14.8. The summed E-state index contributed by atoms with van der Waals surface area (Å²) in [5.74, 6) is 0.592. The van der Waals surface area contributed by atoms with Crippen LogP contribution >= 0.6 is 11.6 Å². The van der Waals surface area contributed by atoms with Crippen LogP contribution < -0.4 is 16.2 Å². The molecule has 1 aliphatic rings. The Kier molecular flexibility index (Phi) is 6.08. The molecule has 0 amide bonds. The molecule has 3 heterocycles. The molecule has 8 nitrogen and oxygen atoms in total. The molecule has 3 aromatic rings.